The quantitative estimate of drug-likeness (QED) is 0.726. The van der Waals surface area contributed by atoms with E-state index >= 15 is 0 Å². The van der Waals surface area contributed by atoms with Crippen LogP contribution in [0.25, 0.3) is 11.3 Å². The van der Waals surface area contributed by atoms with Crippen LogP contribution in [0.5, 0.6) is 0 Å². The van der Waals surface area contributed by atoms with Crippen molar-refractivity contribution in [2.75, 3.05) is 0 Å². The van der Waals surface area contributed by atoms with Gasteiger partial charge in [-0.3, -0.25) is 5.10 Å². The normalized spacial score (nSPS) is 10.8. The summed E-state index contributed by atoms with van der Waals surface area (Å²) in [4.78, 5) is 1.34. The fourth-order valence-corrected chi connectivity index (χ4v) is 3.45. The maximum absolute atomic E-state index is 3.97. The molecule has 0 unspecified atom stereocenters. The summed E-state index contributed by atoms with van der Waals surface area (Å²) in [5, 5.41) is 10.4. The van der Waals surface area contributed by atoms with Crippen LogP contribution >= 0.6 is 27.3 Å². The van der Waals surface area contributed by atoms with Gasteiger partial charge in [0.15, 0.2) is 0 Å². The first-order chi connectivity index (χ1) is 9.81. The van der Waals surface area contributed by atoms with Crippen LogP contribution in [-0.4, -0.2) is 10.2 Å². The number of halogens is 1. The summed E-state index contributed by atoms with van der Waals surface area (Å²) < 4.78 is 1.18. The molecule has 2 heterocycles. The number of nitrogens with zero attached hydrogens (tertiary/aromatic N) is 1. The van der Waals surface area contributed by atoms with Gasteiger partial charge in [0.25, 0.3) is 0 Å². The topological polar surface area (TPSA) is 40.7 Å². The van der Waals surface area contributed by atoms with Crippen molar-refractivity contribution in [3.05, 3.63) is 62.9 Å². The Morgan fingerprint density at radius 3 is 2.55 bits per heavy atom. The number of nitrogens with one attached hydrogen (secondary N) is 2. The molecule has 3 rings (SSSR count). The Morgan fingerprint density at radius 1 is 1.05 bits per heavy atom. The van der Waals surface area contributed by atoms with Crippen LogP contribution in [0.1, 0.15) is 10.4 Å². The molecule has 0 aliphatic heterocycles. The van der Waals surface area contributed by atoms with E-state index in [2.05, 4.69) is 67.8 Å². The summed E-state index contributed by atoms with van der Waals surface area (Å²) in [6, 6.07) is 14.7. The molecule has 2 aromatic heterocycles. The van der Waals surface area contributed by atoms with E-state index in [4.69, 9.17) is 0 Å². The lowest BCUT2D eigenvalue weighted by Gasteiger charge is -2.04. The molecule has 0 saturated heterocycles. The molecule has 3 aromatic rings. The van der Waals surface area contributed by atoms with Crippen molar-refractivity contribution in [1.82, 2.24) is 15.5 Å². The summed E-state index contributed by atoms with van der Waals surface area (Å²) in [7, 11) is 0. The fraction of sp³-hybridized carbons (Fsp3) is 0.133. The van der Waals surface area contributed by atoms with Gasteiger partial charge in [-0.15, -0.1) is 11.3 Å². The summed E-state index contributed by atoms with van der Waals surface area (Å²) in [5.74, 6) is 0. The van der Waals surface area contributed by atoms with Crippen molar-refractivity contribution >= 4 is 27.3 Å². The van der Waals surface area contributed by atoms with E-state index in [1.54, 1.807) is 17.5 Å². The number of hydrogen-bond acceptors (Lipinski definition) is 3. The molecular formula is C15H14BrN3S. The Balaban J connectivity index is 1.56. The lowest BCUT2D eigenvalue weighted by atomic mass is 10.1. The predicted molar refractivity (Wildman–Crippen MR) is 86.6 cm³/mol. The molecule has 0 amide bonds. The summed E-state index contributed by atoms with van der Waals surface area (Å²) in [6.07, 6.45) is 1.77. The van der Waals surface area contributed by atoms with Gasteiger partial charge in [-0.1, -0.05) is 24.3 Å². The molecular weight excluding hydrogens is 334 g/mol. The zero-order valence-corrected chi connectivity index (χ0v) is 13.2. The monoisotopic (exact) mass is 347 g/mol. The smallest absolute Gasteiger partial charge is 0.0701 e. The van der Waals surface area contributed by atoms with Crippen LogP contribution in [0.15, 0.2) is 52.4 Å². The molecule has 0 aliphatic rings. The van der Waals surface area contributed by atoms with Crippen LogP contribution in [0, 0.1) is 0 Å². The first-order valence-corrected chi connectivity index (χ1v) is 7.96. The zero-order chi connectivity index (χ0) is 13.8. The standard InChI is InChI=1S/C15H14BrN3S/c16-15-6-5-13(20-15)10-17-9-11-1-3-12(4-2-11)14-7-8-18-19-14/h1-8,17H,9-10H2,(H,18,19). The van der Waals surface area contributed by atoms with Crippen LogP contribution in [-0.2, 0) is 13.1 Å². The Morgan fingerprint density at radius 2 is 1.90 bits per heavy atom. The second kappa shape index (κ2) is 6.35. The molecule has 0 fully saturated rings. The molecule has 0 radical (unpaired) electrons. The van der Waals surface area contributed by atoms with Gasteiger partial charge in [-0.25, -0.2) is 0 Å². The predicted octanol–water partition coefficient (Wildman–Crippen LogP) is 4.19. The van der Waals surface area contributed by atoms with Crippen LogP contribution in [0.4, 0.5) is 0 Å². The molecule has 20 heavy (non-hydrogen) atoms. The first-order valence-electron chi connectivity index (χ1n) is 6.35. The number of aromatic amines is 1. The molecule has 0 saturated carbocycles. The van der Waals surface area contributed by atoms with E-state index in [9.17, 15) is 0 Å². The third-order valence-electron chi connectivity index (χ3n) is 3.02. The van der Waals surface area contributed by atoms with Gasteiger partial charge >= 0.3 is 0 Å². The highest BCUT2D eigenvalue weighted by molar-refractivity contribution is 9.11. The van der Waals surface area contributed by atoms with E-state index < -0.39 is 0 Å². The summed E-state index contributed by atoms with van der Waals surface area (Å²) >= 11 is 5.25. The van der Waals surface area contributed by atoms with Crippen molar-refractivity contribution in [3.63, 3.8) is 0 Å². The van der Waals surface area contributed by atoms with E-state index in [1.807, 2.05) is 6.07 Å². The van der Waals surface area contributed by atoms with E-state index in [0.29, 0.717) is 0 Å². The van der Waals surface area contributed by atoms with Crippen LogP contribution in [0.3, 0.4) is 0 Å². The summed E-state index contributed by atoms with van der Waals surface area (Å²) in [5.41, 5.74) is 3.49. The van der Waals surface area contributed by atoms with Crippen molar-refractivity contribution in [2.24, 2.45) is 0 Å². The molecule has 0 atom stereocenters. The highest BCUT2D eigenvalue weighted by atomic mass is 79.9. The van der Waals surface area contributed by atoms with Gasteiger partial charge in [0.2, 0.25) is 0 Å². The molecule has 0 aliphatic carbocycles. The zero-order valence-electron chi connectivity index (χ0n) is 10.8. The Kier molecular flexibility index (Phi) is 4.30. The maximum Gasteiger partial charge on any atom is 0.0701 e. The minimum absolute atomic E-state index is 0.874. The van der Waals surface area contributed by atoms with E-state index in [1.165, 1.54) is 14.2 Å². The largest absolute Gasteiger partial charge is 0.308 e. The van der Waals surface area contributed by atoms with Gasteiger partial charge in [-0.05, 0) is 45.3 Å². The second-order valence-corrected chi connectivity index (χ2v) is 7.02. The molecule has 0 spiro atoms. The lowest BCUT2D eigenvalue weighted by molar-refractivity contribution is 0.701. The lowest BCUT2D eigenvalue weighted by Crippen LogP contribution is -2.11. The van der Waals surface area contributed by atoms with Gasteiger partial charge < -0.3 is 5.32 Å². The molecule has 3 nitrogen and oxygen atoms in total. The fourth-order valence-electron chi connectivity index (χ4n) is 2.00. The molecule has 102 valence electrons. The highest BCUT2D eigenvalue weighted by Crippen LogP contribution is 2.22. The maximum atomic E-state index is 3.97. The van der Waals surface area contributed by atoms with E-state index in [-0.39, 0.29) is 0 Å². The second-order valence-electron chi connectivity index (χ2n) is 4.48. The average Bonchev–Trinajstić information content (AvgIpc) is 3.11. The minimum atomic E-state index is 0.874. The SMILES string of the molecule is Brc1ccc(CNCc2ccc(-c3ccn[nH]3)cc2)s1. The van der Waals surface area contributed by atoms with Crippen molar-refractivity contribution in [3.8, 4) is 11.3 Å². The molecule has 1 aromatic carbocycles. The van der Waals surface area contributed by atoms with Gasteiger partial charge in [-0.2, -0.15) is 5.10 Å². The highest BCUT2D eigenvalue weighted by Gasteiger charge is 2.00. The molecule has 2 N–H and O–H groups in total. The van der Waals surface area contributed by atoms with E-state index in [0.717, 1.165) is 24.3 Å². The van der Waals surface area contributed by atoms with Crippen molar-refractivity contribution in [1.29, 1.82) is 0 Å². The van der Waals surface area contributed by atoms with Crippen LogP contribution < -0.4 is 5.32 Å². The molecule has 0 bridgehead atoms. The van der Waals surface area contributed by atoms with Crippen LogP contribution in [0.2, 0.25) is 0 Å². The Hall–Kier alpha value is -1.43. The Bertz CT molecular complexity index is 659. The number of thiophene rings is 1. The number of H-pyrrole nitrogens is 1. The first kappa shape index (κ1) is 13.5. The number of hydrogen-bond donors (Lipinski definition) is 2. The number of rotatable bonds is 5. The van der Waals surface area contributed by atoms with Gasteiger partial charge in [0, 0.05) is 24.2 Å². The molecule has 5 heteroatoms. The summed E-state index contributed by atoms with van der Waals surface area (Å²) in [6.45, 7) is 1.78. The third-order valence-corrected chi connectivity index (χ3v) is 4.65. The van der Waals surface area contributed by atoms with Crippen molar-refractivity contribution in [2.45, 2.75) is 13.1 Å². The van der Waals surface area contributed by atoms with Gasteiger partial charge in [0.1, 0.15) is 0 Å². The van der Waals surface area contributed by atoms with Crippen molar-refractivity contribution < 1.29 is 0 Å². The number of benzene rings is 1. The average molecular weight is 348 g/mol. The third kappa shape index (κ3) is 3.36. The van der Waals surface area contributed by atoms with Gasteiger partial charge in [0.05, 0.1) is 9.48 Å². The Labute approximate surface area is 130 Å². The number of aromatic nitrogens is 2. The minimum Gasteiger partial charge on any atom is -0.308 e.